The summed E-state index contributed by atoms with van der Waals surface area (Å²) < 4.78 is 6.06. The minimum Gasteiger partial charge on any atom is -0.463 e. The lowest BCUT2D eigenvalue weighted by molar-refractivity contribution is 0.0583. The molecule has 0 aliphatic rings. The largest absolute Gasteiger partial charge is 0.463 e. The fourth-order valence-corrected chi connectivity index (χ4v) is 0.654. The molecule has 1 aromatic heterocycles. The average molecular weight is 170 g/mol. The predicted octanol–water partition coefficient (Wildman–Crippen LogP) is 1.23. The molecule has 1 heterocycles. The van der Waals surface area contributed by atoms with Gasteiger partial charge in [-0.25, -0.2) is 9.78 Å². The average Bonchev–Trinajstić information content (AvgIpc) is 2.54. The van der Waals surface area contributed by atoms with Crippen molar-refractivity contribution in [2.45, 2.75) is 13.8 Å². The fourth-order valence-electron chi connectivity index (χ4n) is 0.654. The van der Waals surface area contributed by atoms with Crippen molar-refractivity contribution >= 4 is 5.97 Å². The smallest absolute Gasteiger partial charge is 0.374 e. The summed E-state index contributed by atoms with van der Waals surface area (Å²) in [6.07, 6.45) is 3.23. The molecule has 0 aromatic carbocycles. The highest BCUT2D eigenvalue weighted by atomic mass is 16.5. The number of esters is 1. The summed E-state index contributed by atoms with van der Waals surface area (Å²) in [6.45, 7) is 4.00. The SMILES string of the molecule is CC.COC(=O)c1nccn1C. The first-order chi connectivity index (χ1) is 5.75. The van der Waals surface area contributed by atoms with E-state index in [4.69, 9.17) is 0 Å². The number of methoxy groups -OCH3 is 1. The van der Waals surface area contributed by atoms with Gasteiger partial charge in [0.1, 0.15) is 0 Å². The third-order valence-electron chi connectivity index (χ3n) is 1.19. The second-order valence-corrected chi connectivity index (χ2v) is 1.85. The number of carbonyl (C=O) groups excluding carboxylic acids is 1. The number of rotatable bonds is 1. The van der Waals surface area contributed by atoms with Gasteiger partial charge in [0.15, 0.2) is 0 Å². The van der Waals surface area contributed by atoms with Crippen LogP contribution in [-0.4, -0.2) is 22.6 Å². The normalized spacial score (nSPS) is 8.33. The van der Waals surface area contributed by atoms with E-state index in [9.17, 15) is 4.79 Å². The lowest BCUT2D eigenvalue weighted by Crippen LogP contribution is -2.08. The maximum atomic E-state index is 10.8. The van der Waals surface area contributed by atoms with Gasteiger partial charge in [-0.1, -0.05) is 13.8 Å². The van der Waals surface area contributed by atoms with Crippen molar-refractivity contribution in [1.29, 1.82) is 0 Å². The predicted molar refractivity (Wildman–Crippen MR) is 45.9 cm³/mol. The van der Waals surface area contributed by atoms with Gasteiger partial charge < -0.3 is 9.30 Å². The molecule has 0 aliphatic carbocycles. The van der Waals surface area contributed by atoms with E-state index in [1.807, 2.05) is 13.8 Å². The summed E-state index contributed by atoms with van der Waals surface area (Å²) in [5, 5.41) is 0. The van der Waals surface area contributed by atoms with Crippen LogP contribution in [0, 0.1) is 0 Å². The van der Waals surface area contributed by atoms with E-state index < -0.39 is 5.97 Å². The first-order valence-electron chi connectivity index (χ1n) is 3.81. The highest BCUT2D eigenvalue weighted by Gasteiger charge is 2.08. The Morgan fingerprint density at radius 3 is 2.50 bits per heavy atom. The van der Waals surface area contributed by atoms with Crippen LogP contribution in [0.5, 0.6) is 0 Å². The lowest BCUT2D eigenvalue weighted by Gasteiger charge is -1.96. The van der Waals surface area contributed by atoms with E-state index in [-0.39, 0.29) is 0 Å². The second kappa shape index (κ2) is 5.35. The molecule has 0 saturated heterocycles. The Balaban J connectivity index is 0.000000561. The van der Waals surface area contributed by atoms with Crippen LogP contribution in [0.3, 0.4) is 0 Å². The molecule has 0 spiro atoms. The first kappa shape index (κ1) is 10.7. The maximum Gasteiger partial charge on any atom is 0.374 e. The number of carbonyl (C=O) groups is 1. The summed E-state index contributed by atoms with van der Waals surface area (Å²) >= 11 is 0. The summed E-state index contributed by atoms with van der Waals surface area (Å²) in [5.41, 5.74) is 0. The van der Waals surface area contributed by atoms with Crippen LogP contribution in [-0.2, 0) is 11.8 Å². The third kappa shape index (κ3) is 2.38. The molecule has 0 atom stereocenters. The molecule has 12 heavy (non-hydrogen) atoms. The van der Waals surface area contributed by atoms with E-state index in [1.54, 1.807) is 24.0 Å². The minimum atomic E-state index is -0.410. The number of ether oxygens (including phenoxy) is 1. The molecule has 0 fully saturated rings. The van der Waals surface area contributed by atoms with Crippen molar-refractivity contribution in [1.82, 2.24) is 9.55 Å². The van der Waals surface area contributed by atoms with Crippen LogP contribution in [0.2, 0.25) is 0 Å². The number of hydrogen-bond donors (Lipinski definition) is 0. The standard InChI is InChI=1S/C6H8N2O2.C2H6/c1-8-4-3-7-5(8)6(9)10-2;1-2/h3-4H,1-2H3;1-2H3. The Labute approximate surface area is 72.2 Å². The fraction of sp³-hybridized carbons (Fsp3) is 0.500. The Hall–Kier alpha value is -1.32. The van der Waals surface area contributed by atoms with Gasteiger partial charge in [-0.2, -0.15) is 0 Å². The van der Waals surface area contributed by atoms with Crippen LogP contribution >= 0.6 is 0 Å². The molecule has 0 radical (unpaired) electrons. The Morgan fingerprint density at radius 1 is 1.58 bits per heavy atom. The number of hydrogen-bond acceptors (Lipinski definition) is 3. The van der Waals surface area contributed by atoms with Crippen molar-refractivity contribution in [2.75, 3.05) is 7.11 Å². The van der Waals surface area contributed by atoms with Gasteiger partial charge in [-0.3, -0.25) is 0 Å². The molecular formula is C8H14N2O2. The topological polar surface area (TPSA) is 44.1 Å². The monoisotopic (exact) mass is 170 g/mol. The van der Waals surface area contributed by atoms with Gasteiger partial charge in [0, 0.05) is 19.4 Å². The zero-order valence-corrected chi connectivity index (χ0v) is 7.87. The van der Waals surface area contributed by atoms with Crippen molar-refractivity contribution in [3.63, 3.8) is 0 Å². The first-order valence-corrected chi connectivity index (χ1v) is 3.81. The van der Waals surface area contributed by atoms with E-state index in [1.165, 1.54) is 7.11 Å². The number of imidazole rings is 1. The zero-order valence-electron chi connectivity index (χ0n) is 7.87. The van der Waals surface area contributed by atoms with E-state index in [0.717, 1.165) is 0 Å². The summed E-state index contributed by atoms with van der Waals surface area (Å²) in [6, 6.07) is 0. The van der Waals surface area contributed by atoms with Crippen molar-refractivity contribution in [3.8, 4) is 0 Å². The number of nitrogens with zero attached hydrogens (tertiary/aromatic N) is 2. The van der Waals surface area contributed by atoms with Crippen LogP contribution in [0.15, 0.2) is 12.4 Å². The molecule has 0 unspecified atom stereocenters. The van der Waals surface area contributed by atoms with Crippen molar-refractivity contribution in [2.24, 2.45) is 7.05 Å². The van der Waals surface area contributed by atoms with Crippen LogP contribution in [0.1, 0.15) is 24.5 Å². The van der Waals surface area contributed by atoms with E-state index >= 15 is 0 Å². The van der Waals surface area contributed by atoms with Crippen molar-refractivity contribution < 1.29 is 9.53 Å². The van der Waals surface area contributed by atoms with Crippen LogP contribution in [0.25, 0.3) is 0 Å². The molecule has 4 nitrogen and oxygen atoms in total. The van der Waals surface area contributed by atoms with Crippen molar-refractivity contribution in [3.05, 3.63) is 18.2 Å². The molecule has 4 heteroatoms. The molecular weight excluding hydrogens is 156 g/mol. The van der Waals surface area contributed by atoms with Gasteiger partial charge in [-0.15, -0.1) is 0 Å². The molecule has 1 aromatic rings. The molecule has 0 amide bonds. The molecule has 1 rings (SSSR count). The molecule has 0 aliphatic heterocycles. The minimum absolute atomic E-state index is 0.322. The van der Waals surface area contributed by atoms with Gasteiger partial charge in [0.25, 0.3) is 0 Å². The molecule has 0 saturated carbocycles. The maximum absolute atomic E-state index is 10.8. The number of aryl methyl sites for hydroxylation is 1. The third-order valence-corrected chi connectivity index (χ3v) is 1.19. The van der Waals surface area contributed by atoms with E-state index in [2.05, 4.69) is 9.72 Å². The van der Waals surface area contributed by atoms with Crippen LogP contribution < -0.4 is 0 Å². The lowest BCUT2D eigenvalue weighted by atomic mass is 10.6. The highest BCUT2D eigenvalue weighted by Crippen LogP contribution is 1.94. The van der Waals surface area contributed by atoms with Gasteiger partial charge >= 0.3 is 5.97 Å². The highest BCUT2D eigenvalue weighted by molar-refractivity contribution is 5.85. The second-order valence-electron chi connectivity index (χ2n) is 1.85. The molecule has 0 bridgehead atoms. The van der Waals surface area contributed by atoms with Gasteiger partial charge in [0.05, 0.1) is 7.11 Å². The number of aromatic nitrogens is 2. The summed E-state index contributed by atoms with van der Waals surface area (Å²) in [5.74, 6) is -0.0880. The quantitative estimate of drug-likeness (QED) is 0.595. The van der Waals surface area contributed by atoms with Gasteiger partial charge in [0.2, 0.25) is 5.82 Å². The van der Waals surface area contributed by atoms with Crippen LogP contribution in [0.4, 0.5) is 0 Å². The zero-order chi connectivity index (χ0) is 9.56. The van der Waals surface area contributed by atoms with E-state index in [0.29, 0.717) is 5.82 Å². The molecule has 68 valence electrons. The Morgan fingerprint density at radius 2 is 2.17 bits per heavy atom. The summed E-state index contributed by atoms with van der Waals surface area (Å²) in [7, 11) is 3.07. The molecule has 0 N–H and O–H groups in total. The van der Waals surface area contributed by atoms with Gasteiger partial charge in [-0.05, 0) is 0 Å². The summed E-state index contributed by atoms with van der Waals surface area (Å²) in [4.78, 5) is 14.6. The Bertz CT molecular complexity index is 243. The Kier molecular flexibility index (Phi) is 4.76.